The maximum absolute atomic E-state index is 11.6. The Morgan fingerprint density at radius 3 is 2.68 bits per heavy atom. The molecule has 4 nitrogen and oxygen atoms in total. The average Bonchev–Trinajstić information content (AvgIpc) is 2.38. The molecule has 5 heteroatoms. The van der Waals surface area contributed by atoms with Crippen molar-refractivity contribution in [1.29, 1.82) is 0 Å². The first-order chi connectivity index (χ1) is 9.13. The summed E-state index contributed by atoms with van der Waals surface area (Å²) < 4.78 is 5.35. The van der Waals surface area contributed by atoms with Gasteiger partial charge in [0.1, 0.15) is 16.7 Å². The van der Waals surface area contributed by atoms with Crippen LogP contribution in [0.15, 0.2) is 42.5 Å². The molecule has 2 aromatic rings. The quantitative estimate of drug-likeness (QED) is 0.873. The first-order valence-corrected chi connectivity index (χ1v) is 6.13. The number of hydrogen-bond donors (Lipinski definition) is 1. The van der Waals surface area contributed by atoms with Gasteiger partial charge in [-0.05, 0) is 31.2 Å². The van der Waals surface area contributed by atoms with Crippen molar-refractivity contribution >= 4 is 23.3 Å². The molecule has 0 spiro atoms. The van der Waals surface area contributed by atoms with Crippen molar-refractivity contribution in [3.8, 4) is 5.75 Å². The number of nitrogens with zero attached hydrogens (tertiary/aromatic N) is 1. The van der Waals surface area contributed by atoms with Crippen molar-refractivity contribution in [2.24, 2.45) is 0 Å². The van der Waals surface area contributed by atoms with Gasteiger partial charge in [0.2, 0.25) is 0 Å². The number of amides is 1. The van der Waals surface area contributed by atoms with Gasteiger partial charge >= 0.3 is 0 Å². The highest BCUT2D eigenvalue weighted by atomic mass is 35.5. The van der Waals surface area contributed by atoms with Crippen LogP contribution < -0.4 is 10.1 Å². The molecule has 1 aromatic carbocycles. The number of benzene rings is 1. The number of halogens is 1. The van der Waals surface area contributed by atoms with E-state index < -0.39 is 0 Å². The van der Waals surface area contributed by atoms with Gasteiger partial charge in [-0.15, -0.1) is 0 Å². The number of anilines is 1. The molecular formula is C14H13ClN2O2. The Balaban J connectivity index is 1.86. The molecule has 2 rings (SSSR count). The summed E-state index contributed by atoms with van der Waals surface area (Å²) in [5, 5.41) is 2.94. The maximum Gasteiger partial charge on any atom is 0.263 e. The van der Waals surface area contributed by atoms with Crippen molar-refractivity contribution in [1.82, 2.24) is 4.98 Å². The molecule has 1 heterocycles. The lowest BCUT2D eigenvalue weighted by Crippen LogP contribution is -2.20. The Kier molecular flexibility index (Phi) is 4.36. The summed E-state index contributed by atoms with van der Waals surface area (Å²) in [6.07, 6.45) is 0. The van der Waals surface area contributed by atoms with Crippen LogP contribution >= 0.6 is 11.6 Å². The minimum Gasteiger partial charge on any atom is -0.484 e. The molecule has 0 saturated carbocycles. The lowest BCUT2D eigenvalue weighted by atomic mass is 10.2. The van der Waals surface area contributed by atoms with Crippen LogP contribution in [0.4, 0.5) is 5.82 Å². The normalized spacial score (nSPS) is 10.0. The van der Waals surface area contributed by atoms with E-state index in [4.69, 9.17) is 16.3 Å². The summed E-state index contributed by atoms with van der Waals surface area (Å²) in [6, 6.07) is 12.5. The summed E-state index contributed by atoms with van der Waals surface area (Å²) in [5.74, 6) is 0.778. The molecule has 0 aliphatic rings. The van der Waals surface area contributed by atoms with Gasteiger partial charge in [0, 0.05) is 0 Å². The number of nitrogens with one attached hydrogen (secondary N) is 1. The molecule has 0 aliphatic heterocycles. The third-order valence-corrected chi connectivity index (χ3v) is 2.58. The number of aromatic nitrogens is 1. The highest BCUT2D eigenvalue weighted by molar-refractivity contribution is 6.29. The molecule has 1 aromatic heterocycles. The van der Waals surface area contributed by atoms with Crippen LogP contribution in [-0.2, 0) is 4.79 Å². The lowest BCUT2D eigenvalue weighted by Gasteiger charge is -2.07. The van der Waals surface area contributed by atoms with E-state index in [-0.39, 0.29) is 12.5 Å². The fraction of sp³-hybridized carbons (Fsp3) is 0.143. The minimum absolute atomic E-state index is 0.0722. The van der Waals surface area contributed by atoms with Gasteiger partial charge in [0.15, 0.2) is 6.61 Å². The van der Waals surface area contributed by atoms with Crippen LogP contribution in [0, 0.1) is 6.92 Å². The predicted octanol–water partition coefficient (Wildman–Crippen LogP) is 3.06. The van der Waals surface area contributed by atoms with Gasteiger partial charge in [-0.1, -0.05) is 35.4 Å². The van der Waals surface area contributed by atoms with Crippen LogP contribution in [0.3, 0.4) is 0 Å². The fourth-order valence-electron chi connectivity index (χ4n) is 1.44. The van der Waals surface area contributed by atoms with Crippen molar-refractivity contribution in [3.05, 3.63) is 53.2 Å². The Labute approximate surface area is 116 Å². The molecule has 0 radical (unpaired) electrons. The van der Waals surface area contributed by atoms with Gasteiger partial charge < -0.3 is 10.1 Å². The summed E-state index contributed by atoms with van der Waals surface area (Å²) in [6.45, 7) is 1.92. The summed E-state index contributed by atoms with van der Waals surface area (Å²) in [4.78, 5) is 15.6. The second-order valence-corrected chi connectivity index (χ2v) is 4.38. The average molecular weight is 277 g/mol. The first-order valence-electron chi connectivity index (χ1n) is 5.75. The molecule has 0 fully saturated rings. The van der Waals surface area contributed by atoms with E-state index in [1.807, 2.05) is 31.2 Å². The van der Waals surface area contributed by atoms with Crippen LogP contribution in [0.1, 0.15) is 5.56 Å². The maximum atomic E-state index is 11.6. The highest BCUT2D eigenvalue weighted by Crippen LogP contribution is 2.12. The molecule has 0 unspecified atom stereocenters. The van der Waals surface area contributed by atoms with Crippen LogP contribution in [0.25, 0.3) is 0 Å². The van der Waals surface area contributed by atoms with Crippen LogP contribution in [0.5, 0.6) is 5.75 Å². The van der Waals surface area contributed by atoms with Gasteiger partial charge in [-0.2, -0.15) is 0 Å². The Morgan fingerprint density at radius 1 is 1.26 bits per heavy atom. The van der Waals surface area contributed by atoms with E-state index in [0.717, 1.165) is 5.56 Å². The summed E-state index contributed by atoms with van der Waals surface area (Å²) in [5.41, 5.74) is 1.14. The number of pyridine rings is 1. The standard InChI is InChI=1S/C14H13ClN2O2/c1-10-5-7-11(8-6-10)19-9-14(18)17-13-4-2-3-12(15)16-13/h2-8H,9H2,1H3,(H,16,17,18). The van der Waals surface area contributed by atoms with Crippen molar-refractivity contribution in [3.63, 3.8) is 0 Å². The van der Waals surface area contributed by atoms with Crippen molar-refractivity contribution in [2.45, 2.75) is 6.92 Å². The molecule has 0 atom stereocenters. The van der Waals surface area contributed by atoms with Gasteiger partial charge in [0.05, 0.1) is 0 Å². The van der Waals surface area contributed by atoms with E-state index in [0.29, 0.717) is 16.7 Å². The largest absolute Gasteiger partial charge is 0.484 e. The highest BCUT2D eigenvalue weighted by Gasteiger charge is 2.04. The second-order valence-electron chi connectivity index (χ2n) is 4.00. The summed E-state index contributed by atoms with van der Waals surface area (Å²) in [7, 11) is 0. The number of carbonyl (C=O) groups excluding carboxylic acids is 1. The van der Waals surface area contributed by atoms with Crippen LogP contribution in [-0.4, -0.2) is 17.5 Å². The van der Waals surface area contributed by atoms with E-state index in [1.165, 1.54) is 0 Å². The second kappa shape index (κ2) is 6.20. The minimum atomic E-state index is -0.282. The fourth-order valence-corrected chi connectivity index (χ4v) is 1.60. The van der Waals surface area contributed by atoms with Crippen molar-refractivity contribution in [2.75, 3.05) is 11.9 Å². The zero-order valence-electron chi connectivity index (χ0n) is 10.4. The van der Waals surface area contributed by atoms with Gasteiger partial charge in [0.25, 0.3) is 5.91 Å². The molecular weight excluding hydrogens is 264 g/mol. The monoisotopic (exact) mass is 276 g/mol. The van der Waals surface area contributed by atoms with E-state index in [2.05, 4.69) is 10.3 Å². The Bertz CT molecular complexity index is 570. The lowest BCUT2D eigenvalue weighted by molar-refractivity contribution is -0.118. The molecule has 1 amide bonds. The van der Waals surface area contributed by atoms with Crippen LogP contribution in [0.2, 0.25) is 5.15 Å². The Morgan fingerprint density at radius 2 is 2.00 bits per heavy atom. The number of hydrogen-bond acceptors (Lipinski definition) is 3. The van der Waals surface area contributed by atoms with Gasteiger partial charge in [-0.3, -0.25) is 4.79 Å². The van der Waals surface area contributed by atoms with Gasteiger partial charge in [-0.25, -0.2) is 4.98 Å². The zero-order chi connectivity index (χ0) is 13.7. The van der Waals surface area contributed by atoms with Crippen molar-refractivity contribution < 1.29 is 9.53 Å². The Hall–Kier alpha value is -2.07. The molecule has 19 heavy (non-hydrogen) atoms. The molecule has 98 valence electrons. The van der Waals surface area contributed by atoms with E-state index in [9.17, 15) is 4.79 Å². The third kappa shape index (κ3) is 4.26. The number of rotatable bonds is 4. The number of carbonyl (C=O) groups is 1. The molecule has 0 saturated heterocycles. The molecule has 0 bridgehead atoms. The predicted molar refractivity (Wildman–Crippen MR) is 74.6 cm³/mol. The zero-order valence-corrected chi connectivity index (χ0v) is 11.1. The first kappa shape index (κ1) is 13.4. The van der Waals surface area contributed by atoms with E-state index in [1.54, 1.807) is 18.2 Å². The molecule has 1 N–H and O–H groups in total. The molecule has 0 aliphatic carbocycles. The third-order valence-electron chi connectivity index (χ3n) is 2.37. The number of aryl methyl sites for hydroxylation is 1. The summed E-state index contributed by atoms with van der Waals surface area (Å²) >= 11 is 5.72. The SMILES string of the molecule is Cc1ccc(OCC(=O)Nc2cccc(Cl)n2)cc1. The number of ether oxygens (including phenoxy) is 1. The van der Waals surface area contributed by atoms with E-state index >= 15 is 0 Å². The topological polar surface area (TPSA) is 51.2 Å². The smallest absolute Gasteiger partial charge is 0.263 e.